The van der Waals surface area contributed by atoms with Gasteiger partial charge in [0.1, 0.15) is 0 Å². The van der Waals surface area contributed by atoms with Gasteiger partial charge < -0.3 is 41.8 Å². The number of benzene rings is 2. The summed E-state index contributed by atoms with van der Waals surface area (Å²) in [4.78, 5) is 56.3. The Bertz CT molecular complexity index is 1270. The average Bonchev–Trinajstić information content (AvgIpc) is 2.97. The number of hydrogen-bond acceptors (Lipinski definition) is 10. The van der Waals surface area contributed by atoms with Crippen LogP contribution in [0.4, 0.5) is 11.6 Å². The smallest absolute Gasteiger partial charge is 0.310 e. The first kappa shape index (κ1) is 31.4. The molecule has 0 fully saturated rings. The highest BCUT2D eigenvalue weighted by Crippen LogP contribution is 2.14. The van der Waals surface area contributed by atoms with E-state index >= 15 is 0 Å². The van der Waals surface area contributed by atoms with Crippen molar-refractivity contribution in [1.82, 2.24) is 20.6 Å². The van der Waals surface area contributed by atoms with Crippen LogP contribution in [0, 0.1) is 11.8 Å². The standard InChI is InChI=1S/C28H32N6O8/c29-23-21(25(35)31-11-19(27(37)38)15-41-13-17-7-3-1-4-8-17)33-24(30)22(34-23)26(36)32-12-20(28(39)40)16-42-14-18-9-5-2-6-10-18/h1-10,19-20H,11-16H2,(H2,30,33)(H2,29,34)(H,31,35)(H,32,36)(H,37,38)(H,39,40). The van der Waals surface area contributed by atoms with Crippen LogP contribution in [0.3, 0.4) is 0 Å². The van der Waals surface area contributed by atoms with Gasteiger partial charge in [0.15, 0.2) is 23.0 Å². The third kappa shape index (κ3) is 9.53. The van der Waals surface area contributed by atoms with E-state index in [9.17, 15) is 29.4 Å². The Balaban J connectivity index is 1.53. The monoisotopic (exact) mass is 580 g/mol. The Hall–Kier alpha value is -5.08. The van der Waals surface area contributed by atoms with E-state index in [1.54, 1.807) is 0 Å². The molecule has 3 rings (SSSR count). The van der Waals surface area contributed by atoms with Gasteiger partial charge in [0.05, 0.1) is 38.3 Å². The molecule has 0 aliphatic heterocycles. The molecule has 42 heavy (non-hydrogen) atoms. The van der Waals surface area contributed by atoms with E-state index in [-0.39, 0.29) is 39.5 Å². The number of aromatic nitrogens is 2. The van der Waals surface area contributed by atoms with Gasteiger partial charge in [-0.1, -0.05) is 60.7 Å². The number of nitrogens with zero attached hydrogens (tertiary/aromatic N) is 2. The van der Waals surface area contributed by atoms with Gasteiger partial charge in [-0.05, 0) is 11.1 Å². The average molecular weight is 581 g/mol. The van der Waals surface area contributed by atoms with E-state index < -0.39 is 58.6 Å². The molecule has 0 saturated carbocycles. The zero-order chi connectivity index (χ0) is 30.5. The summed E-state index contributed by atoms with van der Waals surface area (Å²) in [6, 6.07) is 18.3. The molecule has 0 bridgehead atoms. The van der Waals surface area contributed by atoms with Crippen molar-refractivity contribution in [1.29, 1.82) is 0 Å². The molecular formula is C28H32N6O8. The van der Waals surface area contributed by atoms with Crippen molar-refractivity contribution in [3.05, 3.63) is 83.2 Å². The summed E-state index contributed by atoms with van der Waals surface area (Å²) in [5.41, 5.74) is 12.6. The summed E-state index contributed by atoms with van der Waals surface area (Å²) in [6.07, 6.45) is 0. The molecule has 0 radical (unpaired) electrons. The number of carboxylic acids is 2. The molecular weight excluding hydrogens is 548 g/mol. The molecule has 0 saturated heterocycles. The van der Waals surface area contributed by atoms with Crippen LogP contribution >= 0.6 is 0 Å². The van der Waals surface area contributed by atoms with Gasteiger partial charge in [-0.3, -0.25) is 19.2 Å². The minimum absolute atomic E-state index is 0.165. The van der Waals surface area contributed by atoms with Crippen LogP contribution in [-0.2, 0) is 32.3 Å². The number of aliphatic carboxylic acids is 2. The van der Waals surface area contributed by atoms with Gasteiger partial charge in [0, 0.05) is 13.1 Å². The number of amides is 2. The van der Waals surface area contributed by atoms with Crippen molar-refractivity contribution < 1.29 is 38.9 Å². The number of nitrogens with one attached hydrogen (secondary N) is 2. The number of nitrogens with two attached hydrogens (primary N) is 2. The second kappa shape index (κ2) is 15.6. The number of ether oxygens (including phenoxy) is 2. The Morgan fingerprint density at radius 1 is 0.667 bits per heavy atom. The number of carbonyl (C=O) groups is 4. The molecule has 3 aromatic rings. The third-order valence-corrected chi connectivity index (χ3v) is 5.96. The molecule has 222 valence electrons. The Morgan fingerprint density at radius 3 is 1.36 bits per heavy atom. The number of anilines is 2. The normalized spacial score (nSPS) is 12.2. The van der Waals surface area contributed by atoms with Gasteiger partial charge >= 0.3 is 11.9 Å². The van der Waals surface area contributed by atoms with E-state index in [1.165, 1.54) is 0 Å². The summed E-state index contributed by atoms with van der Waals surface area (Å²) in [5, 5.41) is 23.8. The van der Waals surface area contributed by atoms with Crippen LogP contribution in [-0.4, -0.2) is 70.2 Å². The maximum atomic E-state index is 12.7. The molecule has 8 N–H and O–H groups in total. The van der Waals surface area contributed by atoms with Crippen LogP contribution in [0.1, 0.15) is 32.1 Å². The lowest BCUT2D eigenvalue weighted by atomic mass is 10.1. The SMILES string of the molecule is Nc1nc(C(=O)NCC(COCc2ccccc2)C(=O)O)c(N)nc1C(=O)NCC(COCc1ccccc1)C(=O)O. The maximum Gasteiger partial charge on any atom is 0.310 e. The predicted octanol–water partition coefficient (Wildman–Crippen LogP) is 0.936. The summed E-state index contributed by atoms with van der Waals surface area (Å²) >= 11 is 0. The van der Waals surface area contributed by atoms with Crippen LogP contribution < -0.4 is 22.1 Å². The fraction of sp³-hybridized carbons (Fsp3) is 0.286. The van der Waals surface area contributed by atoms with Gasteiger partial charge in [-0.2, -0.15) is 0 Å². The number of hydrogen-bond donors (Lipinski definition) is 6. The fourth-order valence-corrected chi connectivity index (χ4v) is 3.62. The van der Waals surface area contributed by atoms with E-state index in [4.69, 9.17) is 20.9 Å². The van der Waals surface area contributed by atoms with Gasteiger partial charge in [0.2, 0.25) is 0 Å². The van der Waals surface area contributed by atoms with E-state index in [0.29, 0.717) is 0 Å². The molecule has 1 heterocycles. The van der Waals surface area contributed by atoms with Crippen molar-refractivity contribution in [3.8, 4) is 0 Å². The maximum absolute atomic E-state index is 12.7. The highest BCUT2D eigenvalue weighted by Gasteiger charge is 2.25. The predicted molar refractivity (Wildman–Crippen MR) is 150 cm³/mol. The second-order valence-corrected chi connectivity index (χ2v) is 9.18. The van der Waals surface area contributed by atoms with Crippen LogP contribution in [0.5, 0.6) is 0 Å². The minimum Gasteiger partial charge on any atom is -0.481 e. The lowest BCUT2D eigenvalue weighted by Crippen LogP contribution is -2.37. The largest absolute Gasteiger partial charge is 0.481 e. The molecule has 2 amide bonds. The number of carbonyl (C=O) groups excluding carboxylic acids is 2. The molecule has 2 unspecified atom stereocenters. The molecule has 2 atom stereocenters. The summed E-state index contributed by atoms with van der Waals surface area (Å²) in [5.74, 6) is -7.05. The summed E-state index contributed by atoms with van der Waals surface area (Å²) in [7, 11) is 0. The van der Waals surface area contributed by atoms with E-state index in [2.05, 4.69) is 20.6 Å². The lowest BCUT2D eigenvalue weighted by Gasteiger charge is -2.15. The van der Waals surface area contributed by atoms with E-state index in [1.807, 2.05) is 60.7 Å². The van der Waals surface area contributed by atoms with E-state index in [0.717, 1.165) is 11.1 Å². The van der Waals surface area contributed by atoms with Crippen molar-refractivity contribution >= 4 is 35.4 Å². The number of rotatable bonds is 16. The highest BCUT2D eigenvalue weighted by atomic mass is 16.5. The summed E-state index contributed by atoms with van der Waals surface area (Å²) < 4.78 is 10.9. The molecule has 0 aliphatic carbocycles. The van der Waals surface area contributed by atoms with Gasteiger partial charge in [-0.25, -0.2) is 9.97 Å². The Labute approximate surface area is 241 Å². The molecule has 14 nitrogen and oxygen atoms in total. The van der Waals surface area contributed by atoms with Gasteiger partial charge in [0.25, 0.3) is 11.8 Å². The summed E-state index contributed by atoms with van der Waals surface area (Å²) in [6.45, 7) is -0.524. The molecule has 2 aromatic carbocycles. The zero-order valence-electron chi connectivity index (χ0n) is 22.6. The first-order valence-electron chi connectivity index (χ1n) is 12.8. The minimum atomic E-state index is -1.18. The van der Waals surface area contributed by atoms with Gasteiger partial charge in [-0.15, -0.1) is 0 Å². The van der Waals surface area contributed by atoms with Crippen LogP contribution in [0.15, 0.2) is 60.7 Å². The Morgan fingerprint density at radius 2 is 1.02 bits per heavy atom. The Kier molecular flexibility index (Phi) is 11.7. The number of nitrogen functional groups attached to an aromatic ring is 2. The molecule has 1 aromatic heterocycles. The topological polar surface area (TPSA) is 229 Å². The van der Waals surface area contributed by atoms with Crippen LogP contribution in [0.2, 0.25) is 0 Å². The lowest BCUT2D eigenvalue weighted by molar-refractivity contribution is -0.144. The number of carboxylic acid groups (broad SMARTS) is 2. The van der Waals surface area contributed by atoms with Crippen molar-refractivity contribution in [2.45, 2.75) is 13.2 Å². The van der Waals surface area contributed by atoms with Crippen molar-refractivity contribution in [3.63, 3.8) is 0 Å². The van der Waals surface area contributed by atoms with Crippen molar-refractivity contribution in [2.75, 3.05) is 37.8 Å². The second-order valence-electron chi connectivity index (χ2n) is 9.18. The molecule has 14 heteroatoms. The molecule has 0 aliphatic rings. The van der Waals surface area contributed by atoms with Crippen molar-refractivity contribution in [2.24, 2.45) is 11.8 Å². The fourth-order valence-electron chi connectivity index (χ4n) is 3.62. The quantitative estimate of drug-likeness (QED) is 0.139. The first-order valence-corrected chi connectivity index (χ1v) is 12.8. The zero-order valence-corrected chi connectivity index (χ0v) is 22.6. The highest BCUT2D eigenvalue weighted by molar-refractivity contribution is 6.01. The third-order valence-electron chi connectivity index (χ3n) is 5.96. The molecule has 0 spiro atoms. The van der Waals surface area contributed by atoms with Crippen LogP contribution in [0.25, 0.3) is 0 Å². The first-order chi connectivity index (χ1) is 20.2.